The molecule has 1 N–H and O–H groups in total. The van der Waals surface area contributed by atoms with Gasteiger partial charge in [-0.05, 0) is 44.0 Å². The number of amides is 2. The van der Waals surface area contributed by atoms with Crippen molar-refractivity contribution in [3.05, 3.63) is 53.4 Å². The Labute approximate surface area is 192 Å². The smallest absolute Gasteiger partial charge is 0.276 e. The Kier molecular flexibility index (Phi) is 5.49. The normalized spacial score (nSPS) is 22.4. The highest BCUT2D eigenvalue weighted by atomic mass is 35.5. The average molecular weight is 454 g/mol. The van der Waals surface area contributed by atoms with Crippen molar-refractivity contribution < 1.29 is 14.0 Å². The van der Waals surface area contributed by atoms with Crippen molar-refractivity contribution in [3.8, 4) is 0 Å². The van der Waals surface area contributed by atoms with Gasteiger partial charge in [0.15, 0.2) is 5.58 Å². The number of fused-ring (bicyclic) bond motifs is 3. The molecule has 2 aliphatic rings. The van der Waals surface area contributed by atoms with E-state index in [1.165, 1.54) is 19.3 Å². The highest BCUT2D eigenvalue weighted by Crippen LogP contribution is 2.36. The van der Waals surface area contributed by atoms with E-state index in [-0.39, 0.29) is 17.9 Å². The third kappa shape index (κ3) is 3.60. The van der Waals surface area contributed by atoms with E-state index >= 15 is 0 Å². The van der Waals surface area contributed by atoms with E-state index in [0.29, 0.717) is 28.5 Å². The van der Waals surface area contributed by atoms with Gasteiger partial charge in [-0.1, -0.05) is 43.7 Å². The zero-order chi connectivity index (χ0) is 22.3. The van der Waals surface area contributed by atoms with Gasteiger partial charge in [-0.15, -0.1) is 0 Å². The predicted octanol–water partition coefficient (Wildman–Crippen LogP) is 5.54. The first-order valence-electron chi connectivity index (χ1n) is 11.5. The van der Waals surface area contributed by atoms with E-state index in [4.69, 9.17) is 16.0 Å². The number of rotatable bonds is 3. The van der Waals surface area contributed by atoms with E-state index in [2.05, 4.69) is 5.32 Å². The van der Waals surface area contributed by atoms with Gasteiger partial charge < -0.3 is 14.3 Å². The van der Waals surface area contributed by atoms with Crippen LogP contribution in [-0.2, 0) is 11.3 Å². The molecule has 6 nitrogen and oxygen atoms in total. The minimum absolute atomic E-state index is 0.123. The Morgan fingerprint density at radius 2 is 1.78 bits per heavy atom. The number of hydrogen-bond acceptors (Lipinski definition) is 3. The van der Waals surface area contributed by atoms with Crippen LogP contribution in [0.4, 0.5) is 5.69 Å². The molecule has 1 atom stereocenters. The summed E-state index contributed by atoms with van der Waals surface area (Å²) in [4.78, 5) is 29.2. The number of benzene rings is 1. The van der Waals surface area contributed by atoms with Crippen LogP contribution in [0.2, 0.25) is 5.02 Å². The first kappa shape index (κ1) is 21.1. The molecule has 32 heavy (non-hydrogen) atoms. The second-order valence-corrected chi connectivity index (χ2v) is 9.63. The van der Waals surface area contributed by atoms with Gasteiger partial charge in [0.1, 0.15) is 11.2 Å². The van der Waals surface area contributed by atoms with Crippen molar-refractivity contribution in [2.45, 2.75) is 70.0 Å². The molecule has 2 amide bonds. The monoisotopic (exact) mass is 453 g/mol. The van der Waals surface area contributed by atoms with E-state index < -0.39 is 5.54 Å². The highest BCUT2D eigenvalue weighted by molar-refractivity contribution is 6.30. The van der Waals surface area contributed by atoms with Gasteiger partial charge in [0.25, 0.3) is 5.91 Å². The van der Waals surface area contributed by atoms with Gasteiger partial charge in [0.2, 0.25) is 5.91 Å². The van der Waals surface area contributed by atoms with Gasteiger partial charge in [-0.2, -0.15) is 0 Å². The second kappa shape index (κ2) is 8.32. The number of furan rings is 1. The number of halogens is 1. The van der Waals surface area contributed by atoms with Crippen LogP contribution in [0.5, 0.6) is 0 Å². The molecule has 0 saturated heterocycles. The third-order valence-corrected chi connectivity index (χ3v) is 7.17. The van der Waals surface area contributed by atoms with Crippen molar-refractivity contribution in [1.82, 2.24) is 9.88 Å². The maximum Gasteiger partial charge on any atom is 0.276 e. The lowest BCUT2D eigenvalue weighted by Crippen LogP contribution is -2.65. The van der Waals surface area contributed by atoms with E-state index in [1.807, 2.05) is 17.6 Å². The Bertz CT molecular complexity index is 1140. The van der Waals surface area contributed by atoms with Crippen LogP contribution in [0.25, 0.3) is 11.1 Å². The number of aromatic nitrogens is 1. The minimum Gasteiger partial charge on any atom is -0.463 e. The Hall–Kier alpha value is -2.73. The molecular formula is C25H28ClN3O3. The summed E-state index contributed by atoms with van der Waals surface area (Å²) >= 11 is 6.10. The standard InChI is InChI=1S/C25H28ClN3O3/c1-25(24(31)27-18-7-5-3-2-4-6-8-18)16-28-20-13-14-32-22(20)15-21(28)23(30)29(25)19-11-9-17(26)10-12-19/h9-15,18H,2-8,16H2,1H3,(H,27,31)/t25-/m0/s1. The first-order chi connectivity index (χ1) is 15.5. The molecule has 0 bridgehead atoms. The maximum atomic E-state index is 13.8. The molecule has 2 aromatic heterocycles. The zero-order valence-electron chi connectivity index (χ0n) is 18.3. The molecule has 1 aromatic carbocycles. The van der Waals surface area contributed by atoms with Crippen LogP contribution in [0.15, 0.2) is 47.1 Å². The van der Waals surface area contributed by atoms with Crippen molar-refractivity contribution in [3.63, 3.8) is 0 Å². The van der Waals surface area contributed by atoms with E-state index in [0.717, 1.165) is 31.2 Å². The minimum atomic E-state index is -1.09. The first-order valence-corrected chi connectivity index (χ1v) is 11.8. The lowest BCUT2D eigenvalue weighted by Gasteiger charge is -2.44. The Morgan fingerprint density at radius 3 is 2.50 bits per heavy atom. The van der Waals surface area contributed by atoms with Crippen molar-refractivity contribution in [1.29, 1.82) is 0 Å². The fourth-order valence-corrected chi connectivity index (χ4v) is 5.27. The fraction of sp³-hybridized carbons (Fsp3) is 0.440. The lowest BCUT2D eigenvalue weighted by molar-refractivity contribution is -0.127. The molecule has 1 saturated carbocycles. The summed E-state index contributed by atoms with van der Waals surface area (Å²) in [5.41, 5.74) is 1.55. The molecular weight excluding hydrogens is 426 g/mol. The summed E-state index contributed by atoms with van der Waals surface area (Å²) in [5.74, 6) is -0.345. The van der Waals surface area contributed by atoms with Gasteiger partial charge in [0, 0.05) is 28.9 Å². The van der Waals surface area contributed by atoms with Gasteiger partial charge in [-0.25, -0.2) is 0 Å². The van der Waals surface area contributed by atoms with Crippen molar-refractivity contribution >= 4 is 40.2 Å². The van der Waals surface area contributed by atoms with Crippen molar-refractivity contribution in [2.24, 2.45) is 0 Å². The molecule has 1 aliphatic heterocycles. The van der Waals surface area contributed by atoms with E-state index in [1.54, 1.807) is 41.5 Å². The predicted molar refractivity (Wildman–Crippen MR) is 125 cm³/mol. The molecule has 0 unspecified atom stereocenters. The fourth-order valence-electron chi connectivity index (χ4n) is 5.15. The molecule has 3 heterocycles. The molecule has 3 aromatic rings. The summed E-state index contributed by atoms with van der Waals surface area (Å²) in [5, 5.41) is 3.88. The van der Waals surface area contributed by atoms with Crippen molar-refractivity contribution in [2.75, 3.05) is 4.90 Å². The maximum absolute atomic E-state index is 13.8. The molecule has 0 radical (unpaired) electrons. The molecule has 0 spiro atoms. The quantitative estimate of drug-likeness (QED) is 0.566. The summed E-state index contributed by atoms with van der Waals surface area (Å²) in [6, 6.07) is 10.8. The number of carbonyl (C=O) groups is 2. The SMILES string of the molecule is C[C@@]1(C(=O)NC2CCCCCCC2)Cn2c(cc3occc32)C(=O)N1c1ccc(Cl)cc1. The average Bonchev–Trinajstić information content (AvgIpc) is 3.34. The second-order valence-electron chi connectivity index (χ2n) is 9.19. The topological polar surface area (TPSA) is 67.5 Å². The van der Waals surface area contributed by atoms with Gasteiger partial charge in [0.05, 0.1) is 18.3 Å². The van der Waals surface area contributed by atoms with Crippen LogP contribution in [-0.4, -0.2) is 28.0 Å². The number of nitrogens with zero attached hydrogens (tertiary/aromatic N) is 2. The van der Waals surface area contributed by atoms with Crippen LogP contribution >= 0.6 is 11.6 Å². The van der Waals surface area contributed by atoms with Crippen LogP contribution in [0.1, 0.15) is 62.4 Å². The lowest BCUT2D eigenvalue weighted by atomic mass is 9.91. The largest absolute Gasteiger partial charge is 0.463 e. The van der Waals surface area contributed by atoms with Crippen LogP contribution in [0, 0.1) is 0 Å². The number of hydrogen-bond donors (Lipinski definition) is 1. The number of nitrogens with one attached hydrogen (secondary N) is 1. The summed E-state index contributed by atoms with van der Waals surface area (Å²) < 4.78 is 7.45. The van der Waals surface area contributed by atoms with Gasteiger partial charge >= 0.3 is 0 Å². The summed E-state index contributed by atoms with van der Waals surface area (Å²) in [6.45, 7) is 2.20. The summed E-state index contributed by atoms with van der Waals surface area (Å²) in [6.07, 6.45) is 9.52. The van der Waals surface area contributed by atoms with Crippen LogP contribution in [0.3, 0.4) is 0 Å². The molecule has 1 fully saturated rings. The Balaban J connectivity index is 1.54. The molecule has 5 rings (SSSR count). The van der Waals surface area contributed by atoms with Crippen LogP contribution < -0.4 is 10.2 Å². The van der Waals surface area contributed by atoms with E-state index in [9.17, 15) is 9.59 Å². The van der Waals surface area contributed by atoms with Gasteiger partial charge in [-0.3, -0.25) is 14.5 Å². The summed E-state index contributed by atoms with van der Waals surface area (Å²) in [7, 11) is 0. The highest BCUT2D eigenvalue weighted by Gasteiger charge is 2.49. The number of carbonyl (C=O) groups excluding carboxylic acids is 2. The number of anilines is 1. The molecule has 1 aliphatic carbocycles. The molecule has 7 heteroatoms. The molecule has 168 valence electrons. The Morgan fingerprint density at radius 1 is 1.09 bits per heavy atom. The zero-order valence-corrected chi connectivity index (χ0v) is 19.0. The third-order valence-electron chi connectivity index (χ3n) is 6.92.